The summed E-state index contributed by atoms with van der Waals surface area (Å²) in [6.45, 7) is 5.71. The van der Waals surface area contributed by atoms with Crippen LogP contribution in [0.25, 0.3) is 0 Å². The van der Waals surface area contributed by atoms with Crippen LogP contribution in [0.3, 0.4) is 0 Å². The van der Waals surface area contributed by atoms with Gasteiger partial charge in [0.25, 0.3) is 0 Å². The van der Waals surface area contributed by atoms with Gasteiger partial charge in [-0.15, -0.1) is 0 Å². The highest BCUT2D eigenvalue weighted by Gasteiger charge is 2.55. The predicted molar refractivity (Wildman–Crippen MR) is 69.8 cm³/mol. The molecule has 0 bridgehead atoms. The number of aliphatic carboxylic acids is 1. The number of aryl methyl sites for hydroxylation is 1. The molecule has 0 radical (unpaired) electrons. The third kappa shape index (κ3) is 1.61. The maximum absolute atomic E-state index is 11.6. The highest BCUT2D eigenvalue weighted by Crippen LogP contribution is 2.56. The zero-order chi connectivity index (χ0) is 13.6. The van der Waals surface area contributed by atoms with E-state index in [-0.39, 0.29) is 5.75 Å². The highest BCUT2D eigenvalue weighted by molar-refractivity contribution is 5.77. The molecule has 0 saturated heterocycles. The van der Waals surface area contributed by atoms with Crippen LogP contribution in [0.5, 0.6) is 5.75 Å². The minimum Gasteiger partial charge on any atom is -0.508 e. The van der Waals surface area contributed by atoms with E-state index in [0.29, 0.717) is 6.42 Å². The Morgan fingerprint density at radius 2 is 1.94 bits per heavy atom. The summed E-state index contributed by atoms with van der Waals surface area (Å²) >= 11 is 0. The number of carboxylic acid groups (broad SMARTS) is 1. The predicted octanol–water partition coefficient (Wildman–Crippen LogP) is 3.23. The molecule has 3 nitrogen and oxygen atoms in total. The van der Waals surface area contributed by atoms with E-state index in [0.717, 1.165) is 24.0 Å². The van der Waals surface area contributed by atoms with Crippen LogP contribution in [-0.2, 0) is 10.2 Å². The zero-order valence-electron chi connectivity index (χ0n) is 11.2. The first-order valence-electron chi connectivity index (χ1n) is 6.35. The van der Waals surface area contributed by atoms with Gasteiger partial charge in [-0.2, -0.15) is 0 Å². The molecule has 98 valence electrons. The first-order valence-corrected chi connectivity index (χ1v) is 6.35. The van der Waals surface area contributed by atoms with Crippen LogP contribution >= 0.6 is 0 Å². The Morgan fingerprint density at radius 1 is 1.28 bits per heavy atom. The Balaban J connectivity index is 2.60. The van der Waals surface area contributed by atoms with Crippen molar-refractivity contribution in [2.75, 3.05) is 0 Å². The molecule has 0 aliphatic heterocycles. The monoisotopic (exact) mass is 248 g/mol. The molecule has 0 heterocycles. The molecule has 3 heteroatoms. The van der Waals surface area contributed by atoms with Gasteiger partial charge in [-0.1, -0.05) is 31.0 Å². The number of benzene rings is 1. The summed E-state index contributed by atoms with van der Waals surface area (Å²) in [5, 5.41) is 19.6. The SMILES string of the molecule is Cc1ccc(O)c([C@]2(C)CCC[C@@]2(C)C(=O)O)c1. The quantitative estimate of drug-likeness (QED) is 0.844. The fourth-order valence-corrected chi connectivity index (χ4v) is 3.21. The van der Waals surface area contributed by atoms with E-state index in [1.165, 1.54) is 0 Å². The molecule has 1 aliphatic rings. The summed E-state index contributed by atoms with van der Waals surface area (Å²) in [6, 6.07) is 5.42. The number of phenols is 1. The fraction of sp³-hybridized carbons (Fsp3) is 0.533. The Bertz CT molecular complexity index is 495. The molecule has 1 aromatic carbocycles. The van der Waals surface area contributed by atoms with Crippen molar-refractivity contribution in [1.82, 2.24) is 0 Å². The van der Waals surface area contributed by atoms with Crippen molar-refractivity contribution in [2.24, 2.45) is 5.41 Å². The van der Waals surface area contributed by atoms with Gasteiger partial charge in [-0.25, -0.2) is 0 Å². The van der Waals surface area contributed by atoms with E-state index in [1.807, 2.05) is 26.0 Å². The molecule has 2 rings (SSSR count). The number of hydrogen-bond donors (Lipinski definition) is 2. The smallest absolute Gasteiger partial charge is 0.310 e. The van der Waals surface area contributed by atoms with E-state index in [1.54, 1.807) is 13.0 Å². The normalized spacial score (nSPS) is 31.5. The van der Waals surface area contributed by atoms with Crippen molar-refractivity contribution in [2.45, 2.75) is 45.4 Å². The maximum Gasteiger partial charge on any atom is 0.310 e. The van der Waals surface area contributed by atoms with E-state index >= 15 is 0 Å². The summed E-state index contributed by atoms with van der Waals surface area (Å²) in [6.07, 6.45) is 2.34. The molecule has 1 aliphatic carbocycles. The molecule has 2 N–H and O–H groups in total. The molecule has 1 saturated carbocycles. The lowest BCUT2D eigenvalue weighted by Gasteiger charge is -2.38. The molecule has 18 heavy (non-hydrogen) atoms. The third-order valence-corrected chi connectivity index (χ3v) is 4.79. The van der Waals surface area contributed by atoms with Gasteiger partial charge < -0.3 is 10.2 Å². The number of carbonyl (C=O) groups is 1. The first kappa shape index (κ1) is 12.9. The molecule has 1 fully saturated rings. The Kier molecular flexibility index (Phi) is 2.88. The topological polar surface area (TPSA) is 57.5 Å². The number of carboxylic acids is 1. The van der Waals surface area contributed by atoms with Gasteiger partial charge in [-0.05, 0) is 32.8 Å². The van der Waals surface area contributed by atoms with Crippen molar-refractivity contribution in [3.8, 4) is 5.75 Å². The molecular formula is C15H20O3. The highest BCUT2D eigenvalue weighted by atomic mass is 16.4. The van der Waals surface area contributed by atoms with E-state index in [2.05, 4.69) is 0 Å². The standard InChI is InChI=1S/C15H20O3/c1-10-5-6-12(16)11(9-10)14(2)7-4-8-15(14,3)13(17)18/h5-6,9,16H,4,7-8H2,1-3H3,(H,17,18)/t14-,15-/m0/s1. The van der Waals surface area contributed by atoms with Crippen LogP contribution in [0, 0.1) is 12.3 Å². The zero-order valence-corrected chi connectivity index (χ0v) is 11.2. The number of hydrogen-bond acceptors (Lipinski definition) is 2. The van der Waals surface area contributed by atoms with Crippen LogP contribution in [0.15, 0.2) is 18.2 Å². The van der Waals surface area contributed by atoms with Crippen molar-refractivity contribution in [1.29, 1.82) is 0 Å². The lowest BCUT2D eigenvalue weighted by Crippen LogP contribution is -2.42. The summed E-state index contributed by atoms with van der Waals surface area (Å²) in [5.74, 6) is -0.569. The first-order chi connectivity index (χ1) is 8.31. The summed E-state index contributed by atoms with van der Waals surface area (Å²) in [4.78, 5) is 11.6. The summed E-state index contributed by atoms with van der Waals surface area (Å²) in [5.41, 5.74) is 0.501. The second-order valence-corrected chi connectivity index (χ2v) is 5.84. The van der Waals surface area contributed by atoms with E-state index in [9.17, 15) is 15.0 Å². The van der Waals surface area contributed by atoms with Gasteiger partial charge in [0.1, 0.15) is 5.75 Å². The Hall–Kier alpha value is -1.51. The van der Waals surface area contributed by atoms with Crippen LogP contribution in [-0.4, -0.2) is 16.2 Å². The van der Waals surface area contributed by atoms with Crippen molar-refractivity contribution < 1.29 is 15.0 Å². The summed E-state index contributed by atoms with van der Waals surface area (Å²) < 4.78 is 0. The van der Waals surface area contributed by atoms with E-state index in [4.69, 9.17) is 0 Å². The van der Waals surface area contributed by atoms with Crippen molar-refractivity contribution >= 4 is 5.97 Å². The summed E-state index contributed by atoms with van der Waals surface area (Å²) in [7, 11) is 0. The second kappa shape index (κ2) is 4.01. The lowest BCUT2D eigenvalue weighted by atomic mass is 9.64. The fourth-order valence-electron chi connectivity index (χ4n) is 3.21. The van der Waals surface area contributed by atoms with Gasteiger partial charge in [-0.3, -0.25) is 4.79 Å². The number of phenolic OH excluding ortho intramolecular Hbond substituents is 1. The van der Waals surface area contributed by atoms with Crippen molar-refractivity contribution in [3.05, 3.63) is 29.3 Å². The molecule has 0 spiro atoms. The minimum absolute atomic E-state index is 0.206. The average Bonchev–Trinajstić information content (AvgIpc) is 2.61. The van der Waals surface area contributed by atoms with Gasteiger partial charge in [0.05, 0.1) is 5.41 Å². The maximum atomic E-state index is 11.6. The van der Waals surface area contributed by atoms with Gasteiger partial charge in [0, 0.05) is 11.0 Å². The number of rotatable bonds is 2. The third-order valence-electron chi connectivity index (χ3n) is 4.79. The molecule has 0 unspecified atom stereocenters. The minimum atomic E-state index is -0.807. The van der Waals surface area contributed by atoms with Gasteiger partial charge >= 0.3 is 5.97 Å². The van der Waals surface area contributed by atoms with E-state index < -0.39 is 16.8 Å². The van der Waals surface area contributed by atoms with Gasteiger partial charge in [0.2, 0.25) is 0 Å². The Morgan fingerprint density at radius 3 is 2.56 bits per heavy atom. The molecular weight excluding hydrogens is 228 g/mol. The van der Waals surface area contributed by atoms with Crippen LogP contribution in [0.4, 0.5) is 0 Å². The Labute approximate surface area is 107 Å². The van der Waals surface area contributed by atoms with Crippen molar-refractivity contribution in [3.63, 3.8) is 0 Å². The van der Waals surface area contributed by atoms with Crippen LogP contribution in [0.1, 0.15) is 44.2 Å². The number of aromatic hydroxyl groups is 1. The molecule has 2 atom stereocenters. The van der Waals surface area contributed by atoms with Crippen LogP contribution in [0.2, 0.25) is 0 Å². The molecule has 1 aromatic rings. The largest absolute Gasteiger partial charge is 0.508 e. The lowest BCUT2D eigenvalue weighted by molar-refractivity contribution is -0.150. The average molecular weight is 248 g/mol. The second-order valence-electron chi connectivity index (χ2n) is 5.84. The molecule has 0 aromatic heterocycles. The van der Waals surface area contributed by atoms with Crippen LogP contribution < -0.4 is 0 Å². The molecule has 0 amide bonds. The van der Waals surface area contributed by atoms with Gasteiger partial charge in [0.15, 0.2) is 0 Å².